The molecule has 0 saturated heterocycles. The average Bonchev–Trinajstić information content (AvgIpc) is 4.12. The van der Waals surface area contributed by atoms with Gasteiger partial charge < -0.3 is 9.80 Å². The quantitative estimate of drug-likeness (QED) is 0.164. The summed E-state index contributed by atoms with van der Waals surface area (Å²) in [5.74, 6) is 0. The lowest BCUT2D eigenvalue weighted by Gasteiger charge is -2.34. The molecule has 0 aliphatic heterocycles. The van der Waals surface area contributed by atoms with Gasteiger partial charge in [-0.1, -0.05) is 185 Å². The number of anilines is 6. The highest BCUT2D eigenvalue weighted by Crippen LogP contribution is 2.64. The van der Waals surface area contributed by atoms with E-state index in [1.807, 2.05) is 41.3 Å². The van der Waals surface area contributed by atoms with Crippen molar-refractivity contribution in [2.45, 2.75) is 43.9 Å². The Hall–Kier alpha value is -8.20. The summed E-state index contributed by atoms with van der Waals surface area (Å²) in [5.41, 5.74) is 22.9. The number of fused-ring (bicyclic) bond motifs is 16. The molecule has 328 valence electrons. The molecule has 2 heteroatoms. The van der Waals surface area contributed by atoms with Crippen molar-refractivity contribution < 1.29 is 6.85 Å². The Balaban J connectivity index is 1.03. The van der Waals surface area contributed by atoms with E-state index in [1.54, 1.807) is 0 Å². The van der Waals surface area contributed by atoms with E-state index in [2.05, 4.69) is 196 Å². The molecule has 1 spiro atoms. The Bertz CT molecular complexity index is 3910. The maximum atomic E-state index is 9.26. The van der Waals surface area contributed by atoms with Gasteiger partial charge in [-0.25, -0.2) is 0 Å². The zero-order valence-corrected chi connectivity index (χ0v) is 38.9. The molecule has 0 fully saturated rings. The molecule has 10 aromatic carbocycles. The number of para-hydroxylation sites is 2. The lowest BCUT2D eigenvalue weighted by Crippen LogP contribution is -2.26. The molecule has 14 rings (SSSR count). The lowest BCUT2D eigenvalue weighted by molar-refractivity contribution is 0.660. The van der Waals surface area contributed by atoms with Gasteiger partial charge in [0, 0.05) is 45.0 Å². The summed E-state index contributed by atoms with van der Waals surface area (Å²) < 4.78 is 44.6. The number of nitrogens with zero attached hydrogens (tertiary/aromatic N) is 2. The second kappa shape index (κ2) is 14.4. The maximum absolute atomic E-state index is 9.26. The second-order valence-corrected chi connectivity index (χ2v) is 20.1. The summed E-state index contributed by atoms with van der Waals surface area (Å²) in [6.45, 7) is 9.38. The molecule has 0 heterocycles. The van der Waals surface area contributed by atoms with Crippen LogP contribution in [0, 0.1) is 0 Å². The third-order valence-electron chi connectivity index (χ3n) is 15.9. The molecule has 0 bridgehead atoms. The smallest absolute Gasteiger partial charge is 0.0727 e. The zero-order chi connectivity index (χ0) is 50.6. The van der Waals surface area contributed by atoms with E-state index in [0.29, 0.717) is 11.4 Å². The van der Waals surface area contributed by atoms with Gasteiger partial charge in [0.15, 0.2) is 0 Å². The molecule has 4 aliphatic carbocycles. The normalized spacial score (nSPS) is 17.4. The highest BCUT2D eigenvalue weighted by molar-refractivity contribution is 5.98. The Morgan fingerprint density at radius 3 is 1.03 bits per heavy atom. The monoisotopic (exact) mass is 887 g/mol. The van der Waals surface area contributed by atoms with Gasteiger partial charge in [-0.05, 0) is 162 Å². The maximum Gasteiger partial charge on any atom is 0.0727 e. The first-order valence-corrected chi connectivity index (χ1v) is 24.0. The molecule has 4 aliphatic rings. The van der Waals surface area contributed by atoms with Gasteiger partial charge in [0.05, 0.1) is 12.3 Å². The summed E-state index contributed by atoms with van der Waals surface area (Å²) in [6, 6.07) is 70.6. The van der Waals surface area contributed by atoms with Crippen LogP contribution in [0.15, 0.2) is 230 Å². The van der Waals surface area contributed by atoms with E-state index in [9.17, 15) is 2.74 Å². The van der Waals surface area contributed by atoms with Gasteiger partial charge in [0.2, 0.25) is 0 Å². The summed E-state index contributed by atoms with van der Waals surface area (Å²) in [7, 11) is 0. The molecule has 2 nitrogen and oxygen atoms in total. The third kappa shape index (κ3) is 5.43. The molecule has 0 radical (unpaired) electrons. The Morgan fingerprint density at radius 1 is 0.275 bits per heavy atom. The van der Waals surface area contributed by atoms with Crippen molar-refractivity contribution in [3.8, 4) is 44.5 Å². The van der Waals surface area contributed by atoms with Crippen molar-refractivity contribution in [3.05, 3.63) is 275 Å². The summed E-state index contributed by atoms with van der Waals surface area (Å²) in [5, 5.41) is 0. The first kappa shape index (κ1) is 35.0. The van der Waals surface area contributed by atoms with Crippen LogP contribution in [0.4, 0.5) is 34.1 Å². The fourth-order valence-corrected chi connectivity index (χ4v) is 12.8. The minimum absolute atomic E-state index is 0.0955. The molecule has 0 N–H and O–H groups in total. The highest BCUT2D eigenvalue weighted by Gasteiger charge is 2.52. The van der Waals surface area contributed by atoms with Gasteiger partial charge in [-0.15, -0.1) is 0 Å². The first-order chi connectivity index (χ1) is 35.8. The number of rotatable bonds is 6. The topological polar surface area (TPSA) is 6.48 Å². The molecule has 0 saturated carbocycles. The summed E-state index contributed by atoms with van der Waals surface area (Å²) in [6.07, 6.45) is 0. The van der Waals surface area contributed by atoms with Crippen LogP contribution in [0.1, 0.15) is 79.1 Å². The fourth-order valence-electron chi connectivity index (χ4n) is 12.8. The van der Waals surface area contributed by atoms with Crippen molar-refractivity contribution in [2.24, 2.45) is 0 Å². The average molecular weight is 888 g/mol. The molecule has 0 aromatic heterocycles. The van der Waals surface area contributed by atoms with E-state index in [-0.39, 0.29) is 40.7 Å². The van der Waals surface area contributed by atoms with Gasteiger partial charge in [0.25, 0.3) is 0 Å². The molecular formula is C67H50N2. The van der Waals surface area contributed by atoms with Crippen LogP contribution >= 0.6 is 0 Å². The van der Waals surface area contributed by atoms with E-state index in [4.69, 9.17) is 4.11 Å². The van der Waals surface area contributed by atoms with Gasteiger partial charge in [-0.3, -0.25) is 0 Å². The molecule has 10 aromatic rings. The van der Waals surface area contributed by atoms with Crippen molar-refractivity contribution in [3.63, 3.8) is 0 Å². The molecule has 1 atom stereocenters. The van der Waals surface area contributed by atoms with E-state index in [0.717, 1.165) is 50.4 Å². The minimum Gasteiger partial charge on any atom is -0.310 e. The van der Waals surface area contributed by atoms with Crippen LogP contribution in [-0.4, -0.2) is 0 Å². The Morgan fingerprint density at radius 2 is 0.594 bits per heavy atom. The van der Waals surface area contributed by atoms with Crippen molar-refractivity contribution in [1.82, 2.24) is 0 Å². The highest BCUT2D eigenvalue weighted by atomic mass is 15.1. The molecule has 69 heavy (non-hydrogen) atoms. The zero-order valence-electron chi connectivity index (χ0n) is 43.9. The van der Waals surface area contributed by atoms with Crippen molar-refractivity contribution in [1.29, 1.82) is 0 Å². The summed E-state index contributed by atoms with van der Waals surface area (Å²) in [4.78, 5) is 4.29. The van der Waals surface area contributed by atoms with Crippen LogP contribution in [0.2, 0.25) is 0 Å². The Kier molecular flexibility index (Phi) is 7.31. The molecule has 1 unspecified atom stereocenters. The Labute approximate surface area is 412 Å². The van der Waals surface area contributed by atoms with Crippen LogP contribution in [-0.2, 0) is 16.2 Å². The van der Waals surface area contributed by atoms with Crippen LogP contribution < -0.4 is 9.80 Å². The van der Waals surface area contributed by atoms with Crippen molar-refractivity contribution >= 4 is 34.1 Å². The SMILES string of the molecule is [2H]c1c([2H])c([2H])c(N(c2ccccc2)c2ccc3c(c2)C2(c4ccccc4-c4ccc(N(c5ccc6c(c5)C(C)(C)c5ccccc5-6)c5ccc6c(c5)C(C)(C)c5ccccc5-6)cc42)c2ccccc2-3)c([2H])c1[2H]. The van der Waals surface area contributed by atoms with Gasteiger partial charge in [-0.2, -0.15) is 0 Å². The van der Waals surface area contributed by atoms with Crippen LogP contribution in [0.3, 0.4) is 0 Å². The number of hydrogen-bond donors (Lipinski definition) is 0. The summed E-state index contributed by atoms with van der Waals surface area (Å²) >= 11 is 0. The predicted octanol–water partition coefficient (Wildman–Crippen LogP) is 17.6. The standard InChI is InChI=1S/C67H50N2/c1-65(2)57-27-15-11-23-49(57)53-35-31-45(39-61(53)65)69(46-32-36-54-50-24-12-16-28-58(50)66(3,4)62(54)40-46)48-34-38-56-52-26-14-18-30-60(52)67(64(56)42-48)59-29-17-13-25-51(59)55-37-33-47(41-63(55)67)68(43-19-7-5-8-20-43)44-21-9-6-10-22-44/h5-42H,1-4H3/i5D,7D,8D,19D,20D. The third-order valence-corrected chi connectivity index (χ3v) is 15.9. The molecular weight excluding hydrogens is 833 g/mol. The van der Waals surface area contributed by atoms with Crippen molar-refractivity contribution in [2.75, 3.05) is 9.80 Å². The van der Waals surface area contributed by atoms with E-state index >= 15 is 0 Å². The largest absolute Gasteiger partial charge is 0.310 e. The fraction of sp³-hybridized carbons (Fsp3) is 0.104. The van der Waals surface area contributed by atoms with Crippen LogP contribution in [0.5, 0.6) is 0 Å². The minimum atomic E-state index is -0.791. The molecule has 0 amide bonds. The predicted molar refractivity (Wildman–Crippen MR) is 287 cm³/mol. The van der Waals surface area contributed by atoms with Gasteiger partial charge in [0.1, 0.15) is 0 Å². The van der Waals surface area contributed by atoms with Gasteiger partial charge >= 0.3 is 0 Å². The second-order valence-electron chi connectivity index (χ2n) is 20.1. The van der Waals surface area contributed by atoms with E-state index < -0.39 is 11.5 Å². The number of hydrogen-bond acceptors (Lipinski definition) is 2. The first-order valence-electron chi connectivity index (χ1n) is 26.5. The number of benzene rings is 10. The van der Waals surface area contributed by atoms with E-state index in [1.165, 1.54) is 55.6 Å². The van der Waals surface area contributed by atoms with Crippen LogP contribution in [0.25, 0.3) is 44.5 Å². The lowest BCUT2D eigenvalue weighted by atomic mass is 9.70.